The summed E-state index contributed by atoms with van der Waals surface area (Å²) in [5.41, 5.74) is 0.512. The normalized spacial score (nSPS) is 11.1. The van der Waals surface area contributed by atoms with Crippen molar-refractivity contribution < 1.29 is 9.18 Å². The van der Waals surface area contributed by atoms with Crippen LogP contribution in [0.25, 0.3) is 0 Å². The largest absolute Gasteiger partial charge is 0.336 e. The third-order valence-corrected chi connectivity index (χ3v) is 3.22. The SMILES string of the molecule is CC(C)CN(C(=O)c1ccc(F)c(Br)c1)C(C)C. The number of nitrogens with zero attached hydrogens (tertiary/aromatic N) is 1. The van der Waals surface area contributed by atoms with Gasteiger partial charge in [-0.3, -0.25) is 4.79 Å². The molecule has 0 aliphatic heterocycles. The van der Waals surface area contributed by atoms with Gasteiger partial charge in [0.2, 0.25) is 0 Å². The summed E-state index contributed by atoms with van der Waals surface area (Å²) in [5.74, 6) is -0.00820. The fraction of sp³-hybridized carbons (Fsp3) is 0.500. The van der Waals surface area contributed by atoms with E-state index in [-0.39, 0.29) is 17.8 Å². The van der Waals surface area contributed by atoms with E-state index in [0.29, 0.717) is 22.5 Å². The summed E-state index contributed by atoms with van der Waals surface area (Å²) in [7, 11) is 0. The number of hydrogen-bond acceptors (Lipinski definition) is 1. The van der Waals surface area contributed by atoms with Gasteiger partial charge in [-0.05, 0) is 53.9 Å². The minimum Gasteiger partial charge on any atom is -0.336 e. The molecule has 100 valence electrons. The Balaban J connectivity index is 2.98. The third-order valence-electron chi connectivity index (χ3n) is 2.61. The summed E-state index contributed by atoms with van der Waals surface area (Å²) in [4.78, 5) is 14.2. The maximum absolute atomic E-state index is 13.2. The van der Waals surface area contributed by atoms with Gasteiger partial charge in [-0.25, -0.2) is 4.39 Å². The first kappa shape index (κ1) is 15.2. The van der Waals surface area contributed by atoms with Crippen LogP contribution >= 0.6 is 15.9 Å². The molecule has 0 aliphatic carbocycles. The highest BCUT2D eigenvalue weighted by atomic mass is 79.9. The maximum Gasteiger partial charge on any atom is 0.254 e. The van der Waals surface area contributed by atoms with Crippen molar-refractivity contribution in [3.8, 4) is 0 Å². The second-order valence-corrected chi connectivity index (χ2v) is 5.93. The summed E-state index contributed by atoms with van der Waals surface area (Å²) >= 11 is 3.11. The van der Waals surface area contributed by atoms with Gasteiger partial charge in [0, 0.05) is 18.2 Å². The lowest BCUT2D eigenvalue weighted by Gasteiger charge is -2.28. The Labute approximate surface area is 116 Å². The van der Waals surface area contributed by atoms with Crippen molar-refractivity contribution in [1.29, 1.82) is 0 Å². The molecule has 0 aliphatic rings. The summed E-state index contributed by atoms with van der Waals surface area (Å²) in [6.45, 7) is 8.82. The Morgan fingerprint density at radius 3 is 2.39 bits per heavy atom. The fourth-order valence-electron chi connectivity index (χ4n) is 1.72. The van der Waals surface area contributed by atoms with E-state index in [1.54, 1.807) is 0 Å². The first-order valence-electron chi connectivity index (χ1n) is 6.09. The van der Waals surface area contributed by atoms with E-state index in [1.807, 2.05) is 18.7 Å². The molecule has 0 unspecified atom stereocenters. The lowest BCUT2D eigenvalue weighted by atomic mass is 10.1. The van der Waals surface area contributed by atoms with Crippen LogP contribution in [0.4, 0.5) is 4.39 Å². The number of rotatable bonds is 4. The van der Waals surface area contributed by atoms with Gasteiger partial charge in [0.1, 0.15) is 5.82 Å². The van der Waals surface area contributed by atoms with E-state index in [0.717, 1.165) is 0 Å². The quantitative estimate of drug-likeness (QED) is 0.819. The first-order valence-corrected chi connectivity index (χ1v) is 6.88. The molecule has 1 aromatic carbocycles. The smallest absolute Gasteiger partial charge is 0.254 e. The molecule has 0 spiro atoms. The van der Waals surface area contributed by atoms with E-state index in [2.05, 4.69) is 29.8 Å². The molecule has 2 nitrogen and oxygen atoms in total. The van der Waals surface area contributed by atoms with Crippen LogP contribution in [0.5, 0.6) is 0 Å². The number of hydrogen-bond donors (Lipinski definition) is 0. The van der Waals surface area contributed by atoms with Crippen LogP contribution in [0.1, 0.15) is 38.1 Å². The Morgan fingerprint density at radius 1 is 1.33 bits per heavy atom. The highest BCUT2D eigenvalue weighted by molar-refractivity contribution is 9.10. The predicted octanol–water partition coefficient (Wildman–Crippen LogP) is 4.09. The van der Waals surface area contributed by atoms with E-state index >= 15 is 0 Å². The number of amides is 1. The van der Waals surface area contributed by atoms with Crippen molar-refractivity contribution in [1.82, 2.24) is 4.90 Å². The van der Waals surface area contributed by atoms with Crippen molar-refractivity contribution >= 4 is 21.8 Å². The highest BCUT2D eigenvalue weighted by Gasteiger charge is 2.20. The highest BCUT2D eigenvalue weighted by Crippen LogP contribution is 2.19. The molecular formula is C14H19BrFNO. The lowest BCUT2D eigenvalue weighted by molar-refractivity contribution is 0.0682. The Hall–Kier alpha value is -0.900. The second kappa shape index (κ2) is 6.32. The van der Waals surface area contributed by atoms with Crippen molar-refractivity contribution in [2.24, 2.45) is 5.92 Å². The molecule has 0 fully saturated rings. The molecule has 0 bridgehead atoms. The van der Waals surface area contributed by atoms with Crippen LogP contribution in [0.15, 0.2) is 22.7 Å². The van der Waals surface area contributed by atoms with Gasteiger partial charge in [0.25, 0.3) is 5.91 Å². The van der Waals surface area contributed by atoms with E-state index in [1.165, 1.54) is 18.2 Å². The Bertz CT molecular complexity index is 432. The fourth-order valence-corrected chi connectivity index (χ4v) is 2.10. The molecule has 0 N–H and O–H groups in total. The second-order valence-electron chi connectivity index (χ2n) is 5.07. The van der Waals surface area contributed by atoms with Crippen LogP contribution in [-0.2, 0) is 0 Å². The standard InChI is InChI=1S/C14H19BrFNO/c1-9(2)8-17(10(3)4)14(18)11-5-6-13(16)12(15)7-11/h5-7,9-10H,8H2,1-4H3. The van der Waals surface area contributed by atoms with Gasteiger partial charge in [-0.1, -0.05) is 13.8 Å². The average Bonchev–Trinajstić information content (AvgIpc) is 2.28. The number of carbonyl (C=O) groups excluding carboxylic acids is 1. The van der Waals surface area contributed by atoms with Crippen molar-refractivity contribution in [2.45, 2.75) is 33.7 Å². The molecule has 0 heterocycles. The number of benzene rings is 1. The zero-order valence-corrected chi connectivity index (χ0v) is 12.8. The van der Waals surface area contributed by atoms with Gasteiger partial charge in [-0.2, -0.15) is 0 Å². The Morgan fingerprint density at radius 2 is 1.94 bits per heavy atom. The Kier molecular flexibility index (Phi) is 5.32. The summed E-state index contributed by atoms with van der Waals surface area (Å²) in [6, 6.07) is 4.50. The molecule has 1 amide bonds. The molecule has 1 rings (SSSR count). The summed E-state index contributed by atoms with van der Waals surface area (Å²) < 4.78 is 13.5. The van der Waals surface area contributed by atoms with Crippen molar-refractivity contribution in [2.75, 3.05) is 6.54 Å². The van der Waals surface area contributed by atoms with Crippen LogP contribution in [0.3, 0.4) is 0 Å². The minimum atomic E-state index is -0.355. The molecule has 0 aromatic heterocycles. The van der Waals surface area contributed by atoms with E-state index in [4.69, 9.17) is 0 Å². The van der Waals surface area contributed by atoms with Gasteiger partial charge in [-0.15, -0.1) is 0 Å². The third kappa shape index (κ3) is 3.80. The molecule has 1 aromatic rings. The predicted molar refractivity (Wildman–Crippen MR) is 75.1 cm³/mol. The lowest BCUT2D eigenvalue weighted by Crippen LogP contribution is -2.39. The summed E-state index contributed by atoms with van der Waals surface area (Å²) in [5, 5.41) is 0. The van der Waals surface area contributed by atoms with Gasteiger partial charge in [0.15, 0.2) is 0 Å². The van der Waals surface area contributed by atoms with Crippen molar-refractivity contribution in [3.05, 3.63) is 34.1 Å². The zero-order chi connectivity index (χ0) is 13.9. The van der Waals surface area contributed by atoms with Crippen LogP contribution in [0, 0.1) is 11.7 Å². The minimum absolute atomic E-state index is 0.0561. The molecule has 0 atom stereocenters. The average molecular weight is 316 g/mol. The van der Waals surface area contributed by atoms with E-state index < -0.39 is 0 Å². The molecular weight excluding hydrogens is 297 g/mol. The van der Waals surface area contributed by atoms with Crippen LogP contribution < -0.4 is 0 Å². The maximum atomic E-state index is 13.2. The van der Waals surface area contributed by atoms with Crippen LogP contribution in [0.2, 0.25) is 0 Å². The molecule has 0 saturated carbocycles. The molecule has 0 saturated heterocycles. The van der Waals surface area contributed by atoms with Gasteiger partial charge < -0.3 is 4.90 Å². The van der Waals surface area contributed by atoms with Gasteiger partial charge >= 0.3 is 0 Å². The number of carbonyl (C=O) groups is 1. The monoisotopic (exact) mass is 315 g/mol. The van der Waals surface area contributed by atoms with Crippen molar-refractivity contribution in [3.63, 3.8) is 0 Å². The molecule has 18 heavy (non-hydrogen) atoms. The molecule has 0 radical (unpaired) electrons. The van der Waals surface area contributed by atoms with Crippen LogP contribution in [-0.4, -0.2) is 23.4 Å². The van der Waals surface area contributed by atoms with E-state index in [9.17, 15) is 9.18 Å². The molecule has 4 heteroatoms. The summed E-state index contributed by atoms with van der Waals surface area (Å²) in [6.07, 6.45) is 0. The zero-order valence-electron chi connectivity index (χ0n) is 11.2. The topological polar surface area (TPSA) is 20.3 Å². The number of halogens is 2. The first-order chi connectivity index (χ1) is 8.32. The van der Waals surface area contributed by atoms with Gasteiger partial charge in [0.05, 0.1) is 4.47 Å².